The fourth-order valence-corrected chi connectivity index (χ4v) is 2.86. The molecule has 0 saturated carbocycles. The Balaban J connectivity index is 1.41. The van der Waals surface area contributed by atoms with E-state index < -0.39 is 0 Å². The predicted molar refractivity (Wildman–Crippen MR) is 82.8 cm³/mol. The summed E-state index contributed by atoms with van der Waals surface area (Å²) in [7, 11) is 0. The average Bonchev–Trinajstić information content (AvgIpc) is 2.55. The van der Waals surface area contributed by atoms with Gasteiger partial charge in [0.15, 0.2) is 6.29 Å². The summed E-state index contributed by atoms with van der Waals surface area (Å²) in [6.45, 7) is 6.81. The van der Waals surface area contributed by atoms with E-state index in [4.69, 9.17) is 21.1 Å². The number of ether oxygens (including phenoxy) is 2. The lowest BCUT2D eigenvalue weighted by atomic mass is 10.2. The highest BCUT2D eigenvalue weighted by Gasteiger charge is 2.20. The van der Waals surface area contributed by atoms with Crippen LogP contribution in [0.5, 0.6) is 0 Å². The van der Waals surface area contributed by atoms with E-state index in [2.05, 4.69) is 14.8 Å². The molecule has 0 bridgehead atoms. The molecule has 0 aromatic carbocycles. The summed E-state index contributed by atoms with van der Waals surface area (Å²) in [6.07, 6.45) is 3.68. The summed E-state index contributed by atoms with van der Waals surface area (Å²) in [5, 5.41) is 0.685. The molecule has 0 aliphatic carbocycles. The Morgan fingerprint density at radius 2 is 1.90 bits per heavy atom. The second-order valence-electron chi connectivity index (χ2n) is 5.48. The summed E-state index contributed by atoms with van der Waals surface area (Å²) in [5.74, 6) is 1.01. The fourth-order valence-electron chi connectivity index (χ4n) is 2.75. The highest BCUT2D eigenvalue weighted by molar-refractivity contribution is 6.30. The number of aromatic nitrogens is 1. The van der Waals surface area contributed by atoms with Gasteiger partial charge < -0.3 is 14.4 Å². The Morgan fingerprint density at radius 3 is 2.57 bits per heavy atom. The normalized spacial score (nSPS) is 21.7. The first kappa shape index (κ1) is 15.0. The standard InChI is InChI=1S/C15H22ClN3O2/c16-13-2-3-14(17-12-13)19-8-6-18(7-9-19)5-4-15-20-10-1-11-21-15/h2-3,12,15H,1,4-11H2. The maximum atomic E-state index is 5.88. The minimum Gasteiger partial charge on any atom is -0.354 e. The molecule has 3 rings (SSSR count). The molecule has 2 aliphatic rings. The Bertz CT molecular complexity index is 429. The maximum absolute atomic E-state index is 5.88. The van der Waals surface area contributed by atoms with Crippen molar-refractivity contribution in [3.8, 4) is 0 Å². The van der Waals surface area contributed by atoms with Crippen LogP contribution in [0.1, 0.15) is 12.8 Å². The first-order valence-corrected chi connectivity index (χ1v) is 8.01. The Labute approximate surface area is 130 Å². The fraction of sp³-hybridized carbons (Fsp3) is 0.667. The zero-order chi connectivity index (χ0) is 14.5. The molecule has 0 unspecified atom stereocenters. The van der Waals surface area contributed by atoms with Crippen LogP contribution < -0.4 is 4.90 Å². The largest absolute Gasteiger partial charge is 0.354 e. The molecule has 2 fully saturated rings. The van der Waals surface area contributed by atoms with Gasteiger partial charge >= 0.3 is 0 Å². The summed E-state index contributed by atoms with van der Waals surface area (Å²) < 4.78 is 11.2. The number of nitrogens with zero attached hydrogens (tertiary/aromatic N) is 3. The number of pyridine rings is 1. The van der Waals surface area contributed by atoms with Gasteiger partial charge in [-0.15, -0.1) is 0 Å². The van der Waals surface area contributed by atoms with Crippen molar-refractivity contribution >= 4 is 17.4 Å². The van der Waals surface area contributed by atoms with E-state index >= 15 is 0 Å². The number of piperazine rings is 1. The number of anilines is 1. The molecule has 21 heavy (non-hydrogen) atoms. The van der Waals surface area contributed by atoms with Gasteiger partial charge in [0, 0.05) is 45.3 Å². The van der Waals surface area contributed by atoms with E-state index in [-0.39, 0.29) is 6.29 Å². The summed E-state index contributed by atoms with van der Waals surface area (Å²) in [6, 6.07) is 3.88. The van der Waals surface area contributed by atoms with Gasteiger partial charge in [-0.25, -0.2) is 4.98 Å². The monoisotopic (exact) mass is 311 g/mol. The summed E-state index contributed by atoms with van der Waals surface area (Å²) in [5.41, 5.74) is 0. The highest BCUT2D eigenvalue weighted by atomic mass is 35.5. The van der Waals surface area contributed by atoms with E-state index in [1.807, 2.05) is 12.1 Å². The van der Waals surface area contributed by atoms with Crippen molar-refractivity contribution < 1.29 is 9.47 Å². The van der Waals surface area contributed by atoms with Crippen LogP contribution >= 0.6 is 11.6 Å². The molecule has 1 aromatic heterocycles. The molecular formula is C15H22ClN3O2. The van der Waals surface area contributed by atoms with Crippen molar-refractivity contribution in [3.63, 3.8) is 0 Å². The molecule has 3 heterocycles. The molecule has 2 aliphatic heterocycles. The van der Waals surface area contributed by atoms with Crippen LogP contribution in [0.25, 0.3) is 0 Å². The van der Waals surface area contributed by atoms with Crippen molar-refractivity contribution in [2.45, 2.75) is 19.1 Å². The highest BCUT2D eigenvalue weighted by Crippen LogP contribution is 2.17. The molecule has 2 saturated heterocycles. The van der Waals surface area contributed by atoms with Gasteiger partial charge in [0.2, 0.25) is 0 Å². The van der Waals surface area contributed by atoms with Gasteiger partial charge in [-0.1, -0.05) is 11.6 Å². The van der Waals surface area contributed by atoms with Crippen molar-refractivity contribution in [2.75, 3.05) is 50.8 Å². The van der Waals surface area contributed by atoms with Crippen LogP contribution in [0, 0.1) is 0 Å². The lowest BCUT2D eigenvalue weighted by molar-refractivity contribution is -0.182. The van der Waals surface area contributed by atoms with E-state index in [0.29, 0.717) is 5.02 Å². The average molecular weight is 312 g/mol. The van der Waals surface area contributed by atoms with Crippen LogP contribution in [-0.4, -0.2) is 62.1 Å². The van der Waals surface area contributed by atoms with E-state index in [9.17, 15) is 0 Å². The second-order valence-corrected chi connectivity index (χ2v) is 5.91. The molecular weight excluding hydrogens is 290 g/mol. The molecule has 0 radical (unpaired) electrons. The summed E-state index contributed by atoms with van der Waals surface area (Å²) in [4.78, 5) is 9.15. The van der Waals surface area contributed by atoms with Crippen LogP contribution in [0.4, 0.5) is 5.82 Å². The lowest BCUT2D eigenvalue weighted by Gasteiger charge is -2.36. The van der Waals surface area contributed by atoms with Crippen molar-refractivity contribution in [2.24, 2.45) is 0 Å². The van der Waals surface area contributed by atoms with Crippen LogP contribution in [-0.2, 0) is 9.47 Å². The Hall–Kier alpha value is -0.880. The van der Waals surface area contributed by atoms with Crippen LogP contribution in [0.15, 0.2) is 18.3 Å². The second kappa shape index (κ2) is 7.40. The first-order valence-electron chi connectivity index (χ1n) is 7.63. The third kappa shape index (κ3) is 4.30. The quantitative estimate of drug-likeness (QED) is 0.850. The number of hydrogen-bond donors (Lipinski definition) is 0. The topological polar surface area (TPSA) is 37.8 Å². The van der Waals surface area contributed by atoms with Crippen molar-refractivity contribution in [3.05, 3.63) is 23.4 Å². The molecule has 5 nitrogen and oxygen atoms in total. The molecule has 1 aromatic rings. The first-order chi connectivity index (χ1) is 10.3. The molecule has 0 amide bonds. The minimum absolute atomic E-state index is 0.00490. The SMILES string of the molecule is Clc1ccc(N2CCN(CCC3OCCCO3)CC2)nc1. The minimum atomic E-state index is -0.00490. The lowest BCUT2D eigenvalue weighted by Crippen LogP contribution is -2.47. The maximum Gasteiger partial charge on any atom is 0.158 e. The predicted octanol–water partition coefficient (Wildman–Crippen LogP) is 2.01. The third-order valence-corrected chi connectivity index (χ3v) is 4.21. The number of halogens is 1. The third-order valence-electron chi connectivity index (χ3n) is 3.99. The van der Waals surface area contributed by atoms with Crippen LogP contribution in [0.3, 0.4) is 0 Å². The van der Waals surface area contributed by atoms with Gasteiger partial charge in [0.1, 0.15) is 5.82 Å². The zero-order valence-electron chi connectivity index (χ0n) is 12.2. The van der Waals surface area contributed by atoms with Gasteiger partial charge in [-0.3, -0.25) is 4.90 Å². The van der Waals surface area contributed by atoms with E-state index in [1.54, 1.807) is 6.20 Å². The van der Waals surface area contributed by atoms with E-state index in [1.165, 1.54) is 0 Å². The summed E-state index contributed by atoms with van der Waals surface area (Å²) >= 11 is 5.88. The van der Waals surface area contributed by atoms with Crippen molar-refractivity contribution in [1.29, 1.82) is 0 Å². The van der Waals surface area contributed by atoms with Crippen LogP contribution in [0.2, 0.25) is 5.02 Å². The molecule has 0 spiro atoms. The molecule has 116 valence electrons. The zero-order valence-corrected chi connectivity index (χ0v) is 13.0. The number of rotatable bonds is 4. The van der Waals surface area contributed by atoms with E-state index in [0.717, 1.165) is 64.6 Å². The van der Waals surface area contributed by atoms with Crippen molar-refractivity contribution in [1.82, 2.24) is 9.88 Å². The smallest absolute Gasteiger partial charge is 0.158 e. The Morgan fingerprint density at radius 1 is 1.14 bits per heavy atom. The van der Waals surface area contributed by atoms with Gasteiger partial charge in [-0.2, -0.15) is 0 Å². The molecule has 0 atom stereocenters. The Kier molecular flexibility index (Phi) is 5.30. The van der Waals surface area contributed by atoms with Gasteiger partial charge in [-0.05, 0) is 18.6 Å². The van der Waals surface area contributed by atoms with Gasteiger partial charge in [0.25, 0.3) is 0 Å². The van der Waals surface area contributed by atoms with Gasteiger partial charge in [0.05, 0.1) is 18.2 Å². The molecule has 0 N–H and O–H groups in total. The number of hydrogen-bond acceptors (Lipinski definition) is 5. The molecule has 6 heteroatoms.